The fourth-order valence-electron chi connectivity index (χ4n) is 2.17. The smallest absolute Gasteiger partial charge is 0.225 e. The molecule has 1 saturated heterocycles. The molecule has 0 radical (unpaired) electrons. The van der Waals surface area contributed by atoms with E-state index >= 15 is 0 Å². The second-order valence-electron chi connectivity index (χ2n) is 4.38. The quantitative estimate of drug-likeness (QED) is 0.805. The maximum Gasteiger partial charge on any atom is 0.225 e. The first-order valence-electron chi connectivity index (χ1n) is 6.21. The van der Waals surface area contributed by atoms with Gasteiger partial charge < -0.3 is 10.2 Å². The second-order valence-corrected chi connectivity index (χ2v) is 4.38. The standard InChI is InChI=1S/C13H18N4O/c1-2-5-16-13(18)11-4-3-8-17(10-11)12-9-14-6-7-15-12/h2,6-7,9,11H,1,3-5,8,10H2,(H,16,18)/t11-/m1/s1. The van der Waals surface area contributed by atoms with Crippen LogP contribution in [0.15, 0.2) is 31.2 Å². The van der Waals surface area contributed by atoms with Gasteiger partial charge in [-0.2, -0.15) is 0 Å². The zero-order valence-electron chi connectivity index (χ0n) is 10.4. The average Bonchev–Trinajstić information content (AvgIpc) is 2.46. The van der Waals surface area contributed by atoms with Gasteiger partial charge in [0.25, 0.3) is 0 Å². The van der Waals surface area contributed by atoms with Crippen molar-refractivity contribution in [2.75, 3.05) is 24.5 Å². The number of aromatic nitrogens is 2. The predicted octanol–water partition coefficient (Wildman–Crippen LogP) is 0.995. The SMILES string of the molecule is C=CCNC(=O)[C@@H]1CCCN(c2cnccn2)C1. The zero-order chi connectivity index (χ0) is 12.8. The number of hydrogen-bond donors (Lipinski definition) is 1. The third kappa shape index (κ3) is 3.06. The van der Waals surface area contributed by atoms with Gasteiger partial charge in [-0.25, -0.2) is 4.98 Å². The van der Waals surface area contributed by atoms with Crippen molar-refractivity contribution in [3.63, 3.8) is 0 Å². The number of anilines is 1. The highest BCUT2D eigenvalue weighted by molar-refractivity contribution is 5.79. The maximum atomic E-state index is 11.9. The summed E-state index contributed by atoms with van der Waals surface area (Å²) in [5.41, 5.74) is 0. The van der Waals surface area contributed by atoms with Crippen molar-refractivity contribution in [2.45, 2.75) is 12.8 Å². The van der Waals surface area contributed by atoms with Crippen LogP contribution in [0.3, 0.4) is 0 Å². The number of nitrogens with zero attached hydrogens (tertiary/aromatic N) is 3. The van der Waals surface area contributed by atoms with E-state index in [1.165, 1.54) is 0 Å². The van der Waals surface area contributed by atoms with E-state index in [-0.39, 0.29) is 11.8 Å². The minimum Gasteiger partial charge on any atom is -0.355 e. The van der Waals surface area contributed by atoms with E-state index in [0.29, 0.717) is 13.1 Å². The summed E-state index contributed by atoms with van der Waals surface area (Å²) in [5.74, 6) is 0.975. The van der Waals surface area contributed by atoms with Gasteiger partial charge in [-0.05, 0) is 12.8 Å². The first-order valence-corrected chi connectivity index (χ1v) is 6.21. The molecule has 96 valence electrons. The van der Waals surface area contributed by atoms with Gasteiger partial charge in [-0.1, -0.05) is 6.08 Å². The maximum absolute atomic E-state index is 11.9. The van der Waals surface area contributed by atoms with Gasteiger partial charge in [-0.15, -0.1) is 6.58 Å². The average molecular weight is 246 g/mol. The third-order valence-corrected chi connectivity index (χ3v) is 3.09. The minimum atomic E-state index is 0.0284. The molecule has 5 nitrogen and oxygen atoms in total. The van der Waals surface area contributed by atoms with E-state index in [1.807, 2.05) is 0 Å². The van der Waals surface area contributed by atoms with Gasteiger partial charge in [-0.3, -0.25) is 9.78 Å². The summed E-state index contributed by atoms with van der Waals surface area (Å²) < 4.78 is 0. The number of nitrogens with one attached hydrogen (secondary N) is 1. The molecular formula is C13H18N4O. The molecule has 1 aromatic heterocycles. The summed E-state index contributed by atoms with van der Waals surface area (Å²) >= 11 is 0. The molecule has 1 amide bonds. The van der Waals surface area contributed by atoms with Crippen LogP contribution < -0.4 is 10.2 Å². The van der Waals surface area contributed by atoms with Gasteiger partial charge >= 0.3 is 0 Å². The highest BCUT2D eigenvalue weighted by atomic mass is 16.1. The molecule has 1 aliphatic heterocycles. The van der Waals surface area contributed by atoms with E-state index < -0.39 is 0 Å². The first kappa shape index (κ1) is 12.5. The van der Waals surface area contributed by atoms with Crippen LogP contribution in [-0.2, 0) is 4.79 Å². The highest BCUT2D eigenvalue weighted by Gasteiger charge is 2.26. The number of carbonyl (C=O) groups excluding carboxylic acids is 1. The lowest BCUT2D eigenvalue weighted by Crippen LogP contribution is -2.43. The molecule has 1 aromatic rings. The van der Waals surface area contributed by atoms with E-state index in [0.717, 1.165) is 25.2 Å². The summed E-state index contributed by atoms with van der Waals surface area (Å²) in [6.45, 7) is 5.77. The summed E-state index contributed by atoms with van der Waals surface area (Å²) in [6, 6.07) is 0. The fourth-order valence-corrected chi connectivity index (χ4v) is 2.17. The predicted molar refractivity (Wildman–Crippen MR) is 70.2 cm³/mol. The van der Waals surface area contributed by atoms with Crippen molar-refractivity contribution < 1.29 is 4.79 Å². The second kappa shape index (κ2) is 6.14. The lowest BCUT2D eigenvalue weighted by molar-refractivity contribution is -0.125. The highest BCUT2D eigenvalue weighted by Crippen LogP contribution is 2.20. The molecule has 2 heterocycles. The van der Waals surface area contributed by atoms with Crippen LogP contribution in [0.5, 0.6) is 0 Å². The van der Waals surface area contributed by atoms with Crippen LogP contribution in [0.2, 0.25) is 0 Å². The Morgan fingerprint density at radius 1 is 1.61 bits per heavy atom. The van der Waals surface area contributed by atoms with Crippen molar-refractivity contribution in [1.82, 2.24) is 15.3 Å². The van der Waals surface area contributed by atoms with Crippen molar-refractivity contribution >= 4 is 11.7 Å². The fraction of sp³-hybridized carbons (Fsp3) is 0.462. The van der Waals surface area contributed by atoms with Crippen molar-refractivity contribution in [2.24, 2.45) is 5.92 Å². The molecule has 1 atom stereocenters. The van der Waals surface area contributed by atoms with Crippen LogP contribution >= 0.6 is 0 Å². The Morgan fingerprint density at radius 2 is 2.50 bits per heavy atom. The Morgan fingerprint density at radius 3 is 3.22 bits per heavy atom. The Kier molecular flexibility index (Phi) is 4.28. The van der Waals surface area contributed by atoms with E-state index in [1.54, 1.807) is 24.7 Å². The molecule has 5 heteroatoms. The number of rotatable bonds is 4. The van der Waals surface area contributed by atoms with Gasteiger partial charge in [0.1, 0.15) is 5.82 Å². The lowest BCUT2D eigenvalue weighted by atomic mass is 9.97. The van der Waals surface area contributed by atoms with Crippen LogP contribution in [0, 0.1) is 5.92 Å². The summed E-state index contributed by atoms with van der Waals surface area (Å²) in [6.07, 6.45) is 8.70. The molecule has 2 rings (SSSR count). The van der Waals surface area contributed by atoms with E-state index in [4.69, 9.17) is 0 Å². The van der Waals surface area contributed by atoms with Gasteiger partial charge in [0.05, 0.1) is 12.1 Å². The Balaban J connectivity index is 1.96. The third-order valence-electron chi connectivity index (χ3n) is 3.09. The van der Waals surface area contributed by atoms with E-state index in [2.05, 4.69) is 26.8 Å². The molecule has 0 saturated carbocycles. The summed E-state index contributed by atoms with van der Waals surface area (Å²) in [4.78, 5) is 22.4. The van der Waals surface area contributed by atoms with Crippen molar-refractivity contribution in [3.8, 4) is 0 Å². The summed E-state index contributed by atoms with van der Waals surface area (Å²) in [7, 11) is 0. The van der Waals surface area contributed by atoms with Gasteiger partial charge in [0.15, 0.2) is 0 Å². The monoisotopic (exact) mass is 246 g/mol. The molecule has 1 aliphatic rings. The number of carbonyl (C=O) groups is 1. The number of piperidine rings is 1. The largest absolute Gasteiger partial charge is 0.355 e. The normalized spacial score (nSPS) is 19.3. The van der Waals surface area contributed by atoms with Gasteiger partial charge in [0, 0.05) is 32.0 Å². The lowest BCUT2D eigenvalue weighted by Gasteiger charge is -2.32. The molecule has 1 fully saturated rings. The number of amides is 1. The Hall–Kier alpha value is -1.91. The molecule has 0 aliphatic carbocycles. The molecule has 1 N–H and O–H groups in total. The molecule has 0 unspecified atom stereocenters. The zero-order valence-corrected chi connectivity index (χ0v) is 10.4. The van der Waals surface area contributed by atoms with Crippen molar-refractivity contribution in [1.29, 1.82) is 0 Å². The molecule has 18 heavy (non-hydrogen) atoms. The summed E-state index contributed by atoms with van der Waals surface area (Å²) in [5, 5.41) is 2.85. The Labute approximate surface area is 107 Å². The van der Waals surface area contributed by atoms with Crippen LogP contribution in [0.4, 0.5) is 5.82 Å². The first-order chi connectivity index (χ1) is 8.81. The molecule has 0 aromatic carbocycles. The molecular weight excluding hydrogens is 228 g/mol. The molecule has 0 bridgehead atoms. The number of hydrogen-bond acceptors (Lipinski definition) is 4. The molecule has 0 spiro atoms. The minimum absolute atomic E-state index is 0.0284. The Bertz CT molecular complexity index is 407. The topological polar surface area (TPSA) is 58.1 Å². The van der Waals surface area contributed by atoms with Crippen LogP contribution in [0.1, 0.15) is 12.8 Å². The van der Waals surface area contributed by atoms with E-state index in [9.17, 15) is 4.79 Å². The van der Waals surface area contributed by atoms with Crippen LogP contribution in [-0.4, -0.2) is 35.5 Å². The van der Waals surface area contributed by atoms with Crippen LogP contribution in [0.25, 0.3) is 0 Å². The van der Waals surface area contributed by atoms with Crippen molar-refractivity contribution in [3.05, 3.63) is 31.2 Å². The van der Waals surface area contributed by atoms with Gasteiger partial charge in [0.2, 0.25) is 5.91 Å².